The van der Waals surface area contributed by atoms with Gasteiger partial charge in [-0.3, -0.25) is 9.69 Å². The van der Waals surface area contributed by atoms with Crippen molar-refractivity contribution in [3.8, 4) is 0 Å². The minimum atomic E-state index is -3.58. The van der Waals surface area contributed by atoms with Crippen LogP contribution in [-0.4, -0.2) is 78.9 Å². The Bertz CT molecular complexity index is 884. The van der Waals surface area contributed by atoms with E-state index in [-0.39, 0.29) is 23.9 Å². The molecule has 1 aromatic carbocycles. The van der Waals surface area contributed by atoms with Crippen LogP contribution in [0, 0.1) is 6.92 Å². The Balaban J connectivity index is 1.62. The number of ether oxygens (including phenoxy) is 1. The van der Waals surface area contributed by atoms with E-state index in [0.717, 1.165) is 12.0 Å². The van der Waals surface area contributed by atoms with Crippen molar-refractivity contribution in [2.24, 2.45) is 0 Å². The molecule has 2 amide bonds. The highest BCUT2D eigenvalue weighted by atomic mass is 32.2. The first-order valence-corrected chi connectivity index (χ1v) is 11.8. The highest BCUT2D eigenvalue weighted by Crippen LogP contribution is 2.24. The summed E-state index contributed by atoms with van der Waals surface area (Å²) in [5.41, 5.74) is 0.374. The number of carbonyl (C=O) groups is 2. The van der Waals surface area contributed by atoms with Gasteiger partial charge in [-0.15, -0.1) is 0 Å². The maximum absolute atomic E-state index is 13.1. The molecule has 2 aliphatic heterocycles. The van der Waals surface area contributed by atoms with E-state index in [2.05, 4.69) is 0 Å². The molecule has 0 saturated carbocycles. The Kier molecular flexibility index (Phi) is 6.43. The fourth-order valence-corrected chi connectivity index (χ4v) is 5.20. The number of hydrogen-bond acceptors (Lipinski definition) is 5. The van der Waals surface area contributed by atoms with Gasteiger partial charge >= 0.3 is 6.09 Å². The summed E-state index contributed by atoms with van der Waals surface area (Å²) >= 11 is 0. The van der Waals surface area contributed by atoms with E-state index in [1.54, 1.807) is 49.9 Å². The molecule has 1 atom stereocenters. The van der Waals surface area contributed by atoms with Crippen LogP contribution in [0.25, 0.3) is 0 Å². The zero-order chi connectivity index (χ0) is 22.1. The maximum Gasteiger partial charge on any atom is 0.410 e. The van der Waals surface area contributed by atoms with Crippen LogP contribution in [0.1, 0.15) is 39.2 Å². The second kappa shape index (κ2) is 8.55. The normalized spacial score (nSPS) is 21.0. The molecular formula is C21H31N3O5S. The lowest BCUT2D eigenvalue weighted by molar-refractivity contribution is -0.137. The van der Waals surface area contributed by atoms with Gasteiger partial charge in [-0.05, 0) is 52.7 Å². The SMILES string of the molecule is Cc1ccc(S(=O)(=O)N2CCN(C(=O)C3CCCN3C(=O)OC(C)(C)C)CC2)cc1. The quantitative estimate of drug-likeness (QED) is 0.724. The zero-order valence-corrected chi connectivity index (χ0v) is 18.9. The largest absolute Gasteiger partial charge is 0.444 e. The average Bonchev–Trinajstić information content (AvgIpc) is 3.16. The van der Waals surface area contributed by atoms with Crippen LogP contribution in [0.5, 0.6) is 0 Å². The van der Waals surface area contributed by atoms with E-state index >= 15 is 0 Å². The summed E-state index contributed by atoms with van der Waals surface area (Å²) in [6.07, 6.45) is 0.871. The molecule has 2 fully saturated rings. The number of amides is 2. The van der Waals surface area contributed by atoms with E-state index in [9.17, 15) is 18.0 Å². The van der Waals surface area contributed by atoms with E-state index in [0.29, 0.717) is 26.1 Å². The summed E-state index contributed by atoms with van der Waals surface area (Å²) < 4.78 is 32.6. The van der Waals surface area contributed by atoms with Crippen LogP contribution in [0.15, 0.2) is 29.2 Å². The van der Waals surface area contributed by atoms with Gasteiger partial charge in [-0.2, -0.15) is 4.31 Å². The Morgan fingerprint density at radius 1 is 1.00 bits per heavy atom. The Morgan fingerprint density at radius 2 is 1.60 bits per heavy atom. The van der Waals surface area contributed by atoms with Crippen LogP contribution in [-0.2, 0) is 19.6 Å². The highest BCUT2D eigenvalue weighted by Gasteiger charge is 2.40. The first-order valence-electron chi connectivity index (χ1n) is 10.3. The van der Waals surface area contributed by atoms with Gasteiger partial charge in [0, 0.05) is 32.7 Å². The minimum absolute atomic E-state index is 0.134. The van der Waals surface area contributed by atoms with Crippen molar-refractivity contribution in [2.75, 3.05) is 32.7 Å². The molecule has 2 saturated heterocycles. The topological polar surface area (TPSA) is 87.2 Å². The fourth-order valence-electron chi connectivity index (χ4n) is 3.78. The Labute approximate surface area is 178 Å². The zero-order valence-electron chi connectivity index (χ0n) is 18.1. The molecule has 166 valence electrons. The number of hydrogen-bond donors (Lipinski definition) is 0. The molecule has 1 aromatic rings. The molecule has 0 N–H and O–H groups in total. The molecule has 8 nitrogen and oxygen atoms in total. The highest BCUT2D eigenvalue weighted by molar-refractivity contribution is 7.89. The number of likely N-dealkylation sites (tertiary alicyclic amines) is 1. The van der Waals surface area contributed by atoms with Gasteiger partial charge in [0.25, 0.3) is 0 Å². The second-order valence-electron chi connectivity index (χ2n) is 8.87. The molecule has 0 spiro atoms. The third-order valence-corrected chi connectivity index (χ3v) is 7.29. The van der Waals surface area contributed by atoms with Crippen LogP contribution >= 0.6 is 0 Å². The molecule has 9 heteroatoms. The number of carbonyl (C=O) groups excluding carboxylic acids is 2. The molecule has 1 unspecified atom stereocenters. The smallest absolute Gasteiger partial charge is 0.410 e. The molecule has 0 radical (unpaired) electrons. The van der Waals surface area contributed by atoms with Gasteiger partial charge in [-0.25, -0.2) is 13.2 Å². The predicted octanol–water partition coefficient (Wildman–Crippen LogP) is 2.23. The summed E-state index contributed by atoms with van der Waals surface area (Å²) in [6, 6.07) is 6.23. The predicted molar refractivity (Wildman–Crippen MR) is 112 cm³/mol. The van der Waals surface area contributed by atoms with Crippen molar-refractivity contribution >= 4 is 22.0 Å². The van der Waals surface area contributed by atoms with E-state index in [4.69, 9.17) is 4.74 Å². The van der Waals surface area contributed by atoms with Crippen molar-refractivity contribution in [2.45, 2.75) is 57.1 Å². The number of rotatable bonds is 3. The van der Waals surface area contributed by atoms with Crippen molar-refractivity contribution in [1.82, 2.24) is 14.1 Å². The summed E-state index contributed by atoms with van der Waals surface area (Å²) in [5, 5.41) is 0. The third kappa shape index (κ3) is 4.95. The summed E-state index contributed by atoms with van der Waals surface area (Å²) in [5.74, 6) is -0.134. The summed E-state index contributed by atoms with van der Waals surface area (Å²) in [4.78, 5) is 28.9. The van der Waals surface area contributed by atoms with Crippen LogP contribution in [0.2, 0.25) is 0 Å². The number of nitrogens with zero attached hydrogens (tertiary/aromatic N) is 3. The number of benzene rings is 1. The Morgan fingerprint density at radius 3 is 2.17 bits per heavy atom. The van der Waals surface area contributed by atoms with E-state index in [1.807, 2.05) is 6.92 Å². The molecule has 0 aliphatic carbocycles. The van der Waals surface area contributed by atoms with Gasteiger partial charge < -0.3 is 9.64 Å². The van der Waals surface area contributed by atoms with Gasteiger partial charge in [-0.1, -0.05) is 17.7 Å². The van der Waals surface area contributed by atoms with Crippen molar-refractivity contribution < 1.29 is 22.7 Å². The molecule has 0 aromatic heterocycles. The monoisotopic (exact) mass is 437 g/mol. The van der Waals surface area contributed by atoms with Gasteiger partial charge in [0.05, 0.1) is 4.90 Å². The molecule has 2 aliphatic rings. The van der Waals surface area contributed by atoms with Crippen molar-refractivity contribution in [3.63, 3.8) is 0 Å². The number of aryl methyl sites for hydroxylation is 1. The van der Waals surface area contributed by atoms with E-state index < -0.39 is 27.8 Å². The second-order valence-corrected chi connectivity index (χ2v) is 10.8. The molecule has 2 heterocycles. The lowest BCUT2D eigenvalue weighted by Crippen LogP contribution is -2.55. The summed E-state index contributed by atoms with van der Waals surface area (Å²) in [6.45, 7) is 8.88. The van der Waals surface area contributed by atoms with Crippen LogP contribution < -0.4 is 0 Å². The van der Waals surface area contributed by atoms with Gasteiger partial charge in [0.2, 0.25) is 15.9 Å². The molecule has 0 bridgehead atoms. The Hall–Kier alpha value is -2.13. The number of sulfonamides is 1. The van der Waals surface area contributed by atoms with Crippen LogP contribution in [0.3, 0.4) is 0 Å². The van der Waals surface area contributed by atoms with Gasteiger partial charge in [0.1, 0.15) is 11.6 Å². The minimum Gasteiger partial charge on any atom is -0.444 e. The summed E-state index contributed by atoms with van der Waals surface area (Å²) in [7, 11) is -3.58. The van der Waals surface area contributed by atoms with Crippen molar-refractivity contribution in [1.29, 1.82) is 0 Å². The van der Waals surface area contributed by atoms with Crippen molar-refractivity contribution in [3.05, 3.63) is 29.8 Å². The first kappa shape index (κ1) is 22.6. The maximum atomic E-state index is 13.1. The molecule has 30 heavy (non-hydrogen) atoms. The van der Waals surface area contributed by atoms with Crippen LogP contribution in [0.4, 0.5) is 4.79 Å². The number of piperazine rings is 1. The molecular weight excluding hydrogens is 406 g/mol. The standard InChI is InChI=1S/C21H31N3O5S/c1-16-7-9-17(10-8-16)30(27,28)23-14-12-22(13-15-23)19(25)18-6-5-11-24(18)20(26)29-21(2,3)4/h7-10,18H,5-6,11-15H2,1-4H3. The fraction of sp³-hybridized carbons (Fsp3) is 0.619. The van der Waals surface area contributed by atoms with E-state index in [1.165, 1.54) is 9.21 Å². The van der Waals surface area contributed by atoms with Gasteiger partial charge in [0.15, 0.2) is 0 Å². The first-order chi connectivity index (χ1) is 14.0. The third-order valence-electron chi connectivity index (χ3n) is 5.37. The molecule has 3 rings (SSSR count). The lowest BCUT2D eigenvalue weighted by Gasteiger charge is -2.37. The average molecular weight is 438 g/mol. The lowest BCUT2D eigenvalue weighted by atomic mass is 10.1.